The Labute approximate surface area is 178 Å². The SMILES string of the molecule is COC(=O)c1c(C)cc2c(c1-c1ccccc1)C(=O)C(=Cc1cccc([N+](=O)[O-])c1)C2. The zero-order valence-electron chi connectivity index (χ0n) is 17.0. The number of nitrogens with zero attached hydrogens (tertiary/aromatic N) is 1. The molecule has 6 heteroatoms. The molecule has 0 spiro atoms. The van der Waals surface area contributed by atoms with Crippen molar-refractivity contribution in [1.29, 1.82) is 0 Å². The maximum Gasteiger partial charge on any atom is 0.338 e. The summed E-state index contributed by atoms with van der Waals surface area (Å²) in [6, 6.07) is 17.3. The predicted octanol–water partition coefficient (Wildman–Crippen LogP) is 5.18. The van der Waals surface area contributed by atoms with Crippen molar-refractivity contribution in [3.05, 3.63) is 104 Å². The Morgan fingerprint density at radius 2 is 1.81 bits per heavy atom. The summed E-state index contributed by atoms with van der Waals surface area (Å²) >= 11 is 0. The highest BCUT2D eigenvalue weighted by Gasteiger charge is 2.32. The zero-order valence-corrected chi connectivity index (χ0v) is 17.0. The minimum absolute atomic E-state index is 0.0360. The minimum atomic E-state index is -0.497. The van der Waals surface area contributed by atoms with E-state index in [0.717, 1.165) is 16.7 Å². The predicted molar refractivity (Wildman–Crippen MR) is 117 cm³/mol. The number of Topliss-reactive ketones (excluding diaryl/α,β-unsaturated/α-hetero) is 1. The third-order valence-electron chi connectivity index (χ3n) is 5.38. The van der Waals surface area contributed by atoms with E-state index in [2.05, 4.69) is 0 Å². The molecular formula is C25H19NO5. The number of esters is 1. The van der Waals surface area contributed by atoms with Gasteiger partial charge in [-0.2, -0.15) is 0 Å². The normalized spacial score (nSPS) is 13.9. The first-order valence-electron chi connectivity index (χ1n) is 9.70. The summed E-state index contributed by atoms with van der Waals surface area (Å²) in [5.74, 6) is -0.687. The standard InChI is InChI=1S/C25H19NO5/c1-15-11-18-14-19(12-16-7-6-10-20(13-16)26(29)30)24(27)23(18)22(21(15)25(28)31-2)17-8-4-3-5-9-17/h3-13H,14H2,1-2H3. The summed E-state index contributed by atoms with van der Waals surface area (Å²) in [5.41, 5.74) is 4.80. The second-order valence-corrected chi connectivity index (χ2v) is 7.36. The number of carbonyl (C=O) groups is 2. The summed E-state index contributed by atoms with van der Waals surface area (Å²) in [4.78, 5) is 36.6. The van der Waals surface area contributed by atoms with Crippen molar-refractivity contribution in [2.24, 2.45) is 0 Å². The van der Waals surface area contributed by atoms with E-state index in [9.17, 15) is 19.7 Å². The Hall–Kier alpha value is -4.06. The number of ketones is 1. The Morgan fingerprint density at radius 1 is 1.06 bits per heavy atom. The lowest BCUT2D eigenvalue weighted by Crippen LogP contribution is -2.10. The molecule has 31 heavy (non-hydrogen) atoms. The van der Waals surface area contributed by atoms with Crippen LogP contribution in [0.1, 0.15) is 37.4 Å². The van der Waals surface area contributed by atoms with E-state index < -0.39 is 10.9 Å². The Morgan fingerprint density at radius 3 is 2.48 bits per heavy atom. The Bertz CT molecular complexity index is 1260. The molecule has 0 aromatic heterocycles. The molecule has 0 atom stereocenters. The highest BCUT2D eigenvalue weighted by molar-refractivity contribution is 6.21. The fourth-order valence-corrected chi connectivity index (χ4v) is 4.04. The molecule has 6 nitrogen and oxygen atoms in total. The van der Waals surface area contributed by atoms with Crippen molar-refractivity contribution >= 4 is 23.5 Å². The van der Waals surface area contributed by atoms with Gasteiger partial charge in [-0.15, -0.1) is 0 Å². The van der Waals surface area contributed by atoms with E-state index in [1.165, 1.54) is 19.2 Å². The number of methoxy groups -OCH3 is 1. The molecule has 0 bridgehead atoms. The molecule has 3 aromatic carbocycles. The van der Waals surface area contributed by atoms with E-state index in [1.807, 2.05) is 43.3 Å². The van der Waals surface area contributed by atoms with Gasteiger partial charge in [0.2, 0.25) is 0 Å². The van der Waals surface area contributed by atoms with Crippen LogP contribution in [0, 0.1) is 17.0 Å². The molecule has 0 unspecified atom stereocenters. The maximum atomic E-state index is 13.4. The van der Waals surface area contributed by atoms with Gasteiger partial charge in [0, 0.05) is 35.3 Å². The number of nitro groups is 1. The lowest BCUT2D eigenvalue weighted by atomic mass is 9.88. The first-order valence-corrected chi connectivity index (χ1v) is 9.70. The summed E-state index contributed by atoms with van der Waals surface area (Å²) < 4.78 is 5.00. The Balaban J connectivity index is 1.89. The molecule has 0 fully saturated rings. The summed E-state index contributed by atoms with van der Waals surface area (Å²) in [7, 11) is 1.32. The highest BCUT2D eigenvalue weighted by atomic mass is 16.6. The van der Waals surface area contributed by atoms with Gasteiger partial charge < -0.3 is 4.74 Å². The highest BCUT2D eigenvalue weighted by Crippen LogP contribution is 2.40. The van der Waals surface area contributed by atoms with Gasteiger partial charge in [0.25, 0.3) is 5.69 Å². The fourth-order valence-electron chi connectivity index (χ4n) is 4.04. The molecule has 1 aliphatic rings. The van der Waals surface area contributed by atoms with Crippen LogP contribution in [0.2, 0.25) is 0 Å². The van der Waals surface area contributed by atoms with Gasteiger partial charge in [-0.05, 0) is 35.3 Å². The van der Waals surface area contributed by atoms with Crippen LogP contribution in [-0.4, -0.2) is 23.8 Å². The van der Waals surface area contributed by atoms with E-state index >= 15 is 0 Å². The number of carbonyl (C=O) groups excluding carboxylic acids is 2. The van der Waals surface area contributed by atoms with Crippen LogP contribution >= 0.6 is 0 Å². The first kappa shape index (κ1) is 20.2. The van der Waals surface area contributed by atoms with Gasteiger partial charge in [0.1, 0.15) is 0 Å². The lowest BCUT2D eigenvalue weighted by molar-refractivity contribution is -0.384. The average Bonchev–Trinajstić information content (AvgIpc) is 3.07. The average molecular weight is 413 g/mol. The summed E-state index contributed by atoms with van der Waals surface area (Å²) in [6.07, 6.45) is 2.07. The monoisotopic (exact) mass is 413 g/mol. The van der Waals surface area contributed by atoms with Gasteiger partial charge in [-0.1, -0.05) is 48.5 Å². The molecular weight excluding hydrogens is 394 g/mol. The molecule has 3 aromatic rings. The van der Waals surface area contributed by atoms with Crippen LogP contribution in [0.5, 0.6) is 0 Å². The minimum Gasteiger partial charge on any atom is -0.465 e. The van der Waals surface area contributed by atoms with Gasteiger partial charge in [0.15, 0.2) is 5.78 Å². The molecule has 0 amide bonds. The van der Waals surface area contributed by atoms with Crippen molar-refractivity contribution < 1.29 is 19.2 Å². The summed E-state index contributed by atoms with van der Waals surface area (Å²) in [5, 5.41) is 11.1. The molecule has 0 N–H and O–H groups in total. The number of rotatable bonds is 4. The number of nitro benzene ring substituents is 1. The number of hydrogen-bond acceptors (Lipinski definition) is 5. The largest absolute Gasteiger partial charge is 0.465 e. The fraction of sp³-hybridized carbons (Fsp3) is 0.120. The molecule has 0 radical (unpaired) electrons. The van der Waals surface area contributed by atoms with Crippen molar-refractivity contribution in [2.45, 2.75) is 13.3 Å². The number of non-ortho nitro benzene ring substituents is 1. The molecule has 1 aliphatic carbocycles. The van der Waals surface area contributed by atoms with E-state index in [-0.39, 0.29) is 11.5 Å². The lowest BCUT2D eigenvalue weighted by Gasteiger charge is -2.15. The summed E-state index contributed by atoms with van der Waals surface area (Å²) in [6.45, 7) is 1.83. The van der Waals surface area contributed by atoms with E-state index in [1.54, 1.807) is 18.2 Å². The van der Waals surface area contributed by atoms with Gasteiger partial charge in [0.05, 0.1) is 17.6 Å². The topological polar surface area (TPSA) is 86.5 Å². The van der Waals surface area contributed by atoms with Crippen LogP contribution in [0.25, 0.3) is 17.2 Å². The first-order chi connectivity index (χ1) is 14.9. The third kappa shape index (κ3) is 3.64. The Kier molecular flexibility index (Phi) is 5.21. The number of allylic oxidation sites excluding steroid dienone is 1. The van der Waals surface area contributed by atoms with Crippen molar-refractivity contribution in [3.63, 3.8) is 0 Å². The molecule has 0 saturated carbocycles. The molecule has 4 rings (SSSR count). The van der Waals surface area contributed by atoms with Crippen LogP contribution in [0.4, 0.5) is 5.69 Å². The molecule has 154 valence electrons. The number of fused-ring (bicyclic) bond motifs is 1. The van der Waals surface area contributed by atoms with Crippen molar-refractivity contribution in [2.75, 3.05) is 7.11 Å². The van der Waals surface area contributed by atoms with Gasteiger partial charge >= 0.3 is 5.97 Å². The van der Waals surface area contributed by atoms with Gasteiger partial charge in [-0.3, -0.25) is 14.9 Å². The number of hydrogen-bond donors (Lipinski definition) is 0. The maximum absolute atomic E-state index is 13.4. The van der Waals surface area contributed by atoms with Crippen LogP contribution in [-0.2, 0) is 11.2 Å². The quantitative estimate of drug-likeness (QED) is 0.255. The third-order valence-corrected chi connectivity index (χ3v) is 5.38. The molecule has 0 saturated heterocycles. The van der Waals surface area contributed by atoms with Crippen LogP contribution in [0.3, 0.4) is 0 Å². The number of ether oxygens (including phenoxy) is 1. The second-order valence-electron chi connectivity index (χ2n) is 7.36. The van der Waals surface area contributed by atoms with Crippen LogP contribution in [0.15, 0.2) is 66.2 Å². The van der Waals surface area contributed by atoms with E-state index in [0.29, 0.717) is 34.2 Å². The van der Waals surface area contributed by atoms with Crippen molar-refractivity contribution in [1.82, 2.24) is 0 Å². The molecule has 0 aliphatic heterocycles. The smallest absolute Gasteiger partial charge is 0.338 e. The van der Waals surface area contributed by atoms with Crippen LogP contribution < -0.4 is 0 Å². The van der Waals surface area contributed by atoms with Crippen molar-refractivity contribution in [3.8, 4) is 11.1 Å². The zero-order chi connectivity index (χ0) is 22.1. The number of aryl methyl sites for hydroxylation is 1. The number of benzene rings is 3. The van der Waals surface area contributed by atoms with Gasteiger partial charge in [-0.25, -0.2) is 4.79 Å². The molecule has 0 heterocycles. The second kappa shape index (κ2) is 7.99. The van der Waals surface area contributed by atoms with E-state index in [4.69, 9.17) is 4.74 Å².